The highest BCUT2D eigenvalue weighted by Gasteiger charge is 2.20. The predicted octanol–water partition coefficient (Wildman–Crippen LogP) is 10.1. The molecule has 0 aliphatic rings. The molecule has 36 heavy (non-hydrogen) atoms. The average molecular weight is 534 g/mol. The zero-order chi connectivity index (χ0) is 26.6. The van der Waals surface area contributed by atoms with Gasteiger partial charge in [0.25, 0.3) is 0 Å². The third-order valence-electron chi connectivity index (χ3n) is 7.03. The van der Waals surface area contributed by atoms with Gasteiger partial charge in [-0.2, -0.15) is 0 Å². The maximum Gasteiger partial charge on any atom is 0.472 e. The second-order valence-electron chi connectivity index (χ2n) is 10.7. The van der Waals surface area contributed by atoms with Gasteiger partial charge >= 0.3 is 7.82 Å². The fourth-order valence-electron chi connectivity index (χ4n) is 4.64. The van der Waals surface area contributed by atoms with Crippen molar-refractivity contribution in [3.63, 3.8) is 0 Å². The van der Waals surface area contributed by atoms with Crippen molar-refractivity contribution >= 4 is 7.82 Å². The Morgan fingerprint density at radius 3 is 1.14 bits per heavy atom. The van der Waals surface area contributed by atoms with Crippen LogP contribution in [0, 0.1) is 0 Å². The fourth-order valence-corrected chi connectivity index (χ4v) is 5.43. The Balaban J connectivity index is 4.03. The molecule has 1 N–H and O–H groups in total. The number of phosphoric ester groups is 1. The van der Waals surface area contributed by atoms with E-state index >= 15 is 0 Å². The topological polar surface area (TPSA) is 59.0 Å². The molecule has 0 aromatic rings. The van der Waals surface area contributed by atoms with Crippen LogP contribution in [0.5, 0.6) is 0 Å². The van der Waals surface area contributed by atoms with Crippen molar-refractivity contribution in [3.8, 4) is 0 Å². The van der Waals surface area contributed by atoms with Gasteiger partial charge in [0.05, 0.1) is 13.2 Å². The first-order valence-electron chi connectivity index (χ1n) is 15.9. The molecule has 5 nitrogen and oxygen atoms in total. The minimum Gasteiger partial charge on any atom is -0.303 e. The van der Waals surface area contributed by atoms with E-state index in [1.807, 2.05) is 0 Å². The number of rotatable bonds is 30. The molecule has 0 fully saturated rings. The summed E-state index contributed by atoms with van der Waals surface area (Å²) >= 11 is 0. The summed E-state index contributed by atoms with van der Waals surface area (Å²) in [5.74, 6) is 0. The Morgan fingerprint density at radius 1 is 0.472 bits per heavy atom. The lowest BCUT2D eigenvalue weighted by atomic mass is 10.1. The van der Waals surface area contributed by atoms with E-state index in [1.54, 1.807) is 0 Å². The molecule has 0 bridgehead atoms. The Hall–Kier alpha value is 0.0700. The second-order valence-corrected chi connectivity index (χ2v) is 12.1. The van der Waals surface area contributed by atoms with Crippen LogP contribution in [0.1, 0.15) is 162 Å². The summed E-state index contributed by atoms with van der Waals surface area (Å²) in [6.07, 6.45) is 27.5. The predicted molar refractivity (Wildman–Crippen MR) is 157 cm³/mol. The van der Waals surface area contributed by atoms with E-state index in [-0.39, 0.29) is 0 Å². The lowest BCUT2D eigenvalue weighted by Crippen LogP contribution is -2.27. The number of nitrogens with zero attached hydrogens (tertiary/aromatic N) is 1. The van der Waals surface area contributed by atoms with Gasteiger partial charge in [0, 0.05) is 0 Å². The first-order valence-corrected chi connectivity index (χ1v) is 17.4. The molecular weight excluding hydrogens is 469 g/mol. The minimum atomic E-state index is -3.90. The first kappa shape index (κ1) is 36.1. The molecule has 0 radical (unpaired) electrons. The van der Waals surface area contributed by atoms with Gasteiger partial charge in [0.1, 0.15) is 0 Å². The Morgan fingerprint density at radius 2 is 0.750 bits per heavy atom. The SMILES string of the molecule is CCCCCCCCCN(CCCCCCCCC)CCCCOP(=O)(O)OCCCCCCCC. The average Bonchev–Trinajstić information content (AvgIpc) is 2.86. The molecule has 0 amide bonds. The van der Waals surface area contributed by atoms with Crippen LogP contribution in [0.2, 0.25) is 0 Å². The van der Waals surface area contributed by atoms with Crippen LogP contribution in [-0.2, 0) is 13.6 Å². The molecule has 0 saturated carbocycles. The molecule has 0 rings (SSSR count). The van der Waals surface area contributed by atoms with Crippen molar-refractivity contribution in [2.24, 2.45) is 0 Å². The Labute approximate surface area is 226 Å². The minimum absolute atomic E-state index is 0.299. The molecule has 1 unspecified atom stereocenters. The Kier molecular flexibility index (Phi) is 28.1. The van der Waals surface area contributed by atoms with E-state index in [0.717, 1.165) is 32.2 Å². The summed E-state index contributed by atoms with van der Waals surface area (Å²) in [7, 11) is -3.90. The van der Waals surface area contributed by atoms with E-state index < -0.39 is 7.82 Å². The molecular formula is C30H64NO4P. The summed E-state index contributed by atoms with van der Waals surface area (Å²) in [4.78, 5) is 12.5. The standard InChI is InChI=1S/C30H64NO4P/c1-4-7-10-13-16-18-21-26-31(27-22-19-17-14-11-8-5-2)28-23-25-30-35-36(32,33)34-29-24-20-15-12-9-6-3/h4-30H2,1-3H3,(H,32,33). The largest absolute Gasteiger partial charge is 0.472 e. The maximum atomic E-state index is 12.1. The van der Waals surface area contributed by atoms with E-state index in [9.17, 15) is 9.46 Å². The van der Waals surface area contributed by atoms with Crippen LogP contribution in [0.15, 0.2) is 0 Å². The molecule has 0 heterocycles. The summed E-state index contributed by atoms with van der Waals surface area (Å²) in [5, 5.41) is 0. The number of hydrogen-bond donors (Lipinski definition) is 1. The van der Waals surface area contributed by atoms with Gasteiger partial charge in [-0.15, -0.1) is 0 Å². The van der Waals surface area contributed by atoms with Crippen LogP contribution in [0.3, 0.4) is 0 Å². The van der Waals surface area contributed by atoms with Gasteiger partial charge in [0.2, 0.25) is 0 Å². The highest BCUT2D eigenvalue weighted by molar-refractivity contribution is 7.47. The third kappa shape index (κ3) is 27.1. The second kappa shape index (κ2) is 28.1. The normalized spacial score (nSPS) is 13.5. The van der Waals surface area contributed by atoms with Crippen molar-refractivity contribution in [3.05, 3.63) is 0 Å². The summed E-state index contributed by atoms with van der Waals surface area (Å²) in [6, 6.07) is 0. The van der Waals surface area contributed by atoms with Crippen molar-refractivity contribution in [2.75, 3.05) is 32.8 Å². The van der Waals surface area contributed by atoms with Crippen LogP contribution < -0.4 is 0 Å². The molecule has 1 atom stereocenters. The zero-order valence-corrected chi connectivity index (χ0v) is 25.6. The van der Waals surface area contributed by atoms with Gasteiger partial charge in [-0.3, -0.25) is 9.05 Å². The highest BCUT2D eigenvalue weighted by Crippen LogP contribution is 2.43. The summed E-state index contributed by atoms with van der Waals surface area (Å²) < 4.78 is 22.4. The molecule has 218 valence electrons. The Bertz CT molecular complexity index is 460. The quantitative estimate of drug-likeness (QED) is 0.0735. The van der Waals surface area contributed by atoms with Gasteiger partial charge in [-0.1, -0.05) is 130 Å². The lowest BCUT2D eigenvalue weighted by molar-refractivity contribution is 0.143. The van der Waals surface area contributed by atoms with E-state index in [2.05, 4.69) is 25.7 Å². The molecule has 0 aromatic carbocycles. The van der Waals surface area contributed by atoms with Crippen LogP contribution in [-0.4, -0.2) is 42.6 Å². The van der Waals surface area contributed by atoms with Crippen LogP contribution in [0.25, 0.3) is 0 Å². The third-order valence-corrected chi connectivity index (χ3v) is 8.05. The highest BCUT2D eigenvalue weighted by atomic mass is 31.2. The van der Waals surface area contributed by atoms with Gasteiger partial charge < -0.3 is 9.79 Å². The maximum absolute atomic E-state index is 12.1. The molecule has 0 aliphatic heterocycles. The van der Waals surface area contributed by atoms with Crippen molar-refractivity contribution in [2.45, 2.75) is 162 Å². The molecule has 6 heteroatoms. The molecule has 0 aromatic heterocycles. The fraction of sp³-hybridized carbons (Fsp3) is 1.00. The lowest BCUT2D eigenvalue weighted by Gasteiger charge is -2.22. The van der Waals surface area contributed by atoms with Crippen molar-refractivity contribution < 1.29 is 18.5 Å². The summed E-state index contributed by atoms with van der Waals surface area (Å²) in [6.45, 7) is 10.8. The van der Waals surface area contributed by atoms with E-state index in [4.69, 9.17) is 9.05 Å². The first-order chi connectivity index (χ1) is 17.6. The molecule has 0 spiro atoms. The van der Waals surface area contributed by atoms with Gasteiger partial charge in [0.15, 0.2) is 0 Å². The molecule has 0 saturated heterocycles. The van der Waals surface area contributed by atoms with Crippen molar-refractivity contribution in [1.82, 2.24) is 4.90 Å². The number of phosphoric acid groups is 1. The van der Waals surface area contributed by atoms with Gasteiger partial charge in [-0.05, 0) is 51.7 Å². The van der Waals surface area contributed by atoms with Gasteiger partial charge in [-0.25, -0.2) is 4.57 Å². The summed E-state index contributed by atoms with van der Waals surface area (Å²) in [5.41, 5.74) is 0. The number of unbranched alkanes of at least 4 members (excludes halogenated alkanes) is 18. The van der Waals surface area contributed by atoms with E-state index in [1.165, 1.54) is 129 Å². The monoisotopic (exact) mass is 533 g/mol. The van der Waals surface area contributed by atoms with Crippen LogP contribution in [0.4, 0.5) is 0 Å². The number of hydrogen-bond acceptors (Lipinski definition) is 4. The van der Waals surface area contributed by atoms with Crippen molar-refractivity contribution in [1.29, 1.82) is 0 Å². The van der Waals surface area contributed by atoms with E-state index in [0.29, 0.717) is 13.2 Å². The van der Waals surface area contributed by atoms with Crippen LogP contribution >= 0.6 is 7.82 Å². The smallest absolute Gasteiger partial charge is 0.303 e. The molecule has 0 aliphatic carbocycles. The zero-order valence-electron chi connectivity index (χ0n) is 24.7.